The van der Waals surface area contributed by atoms with E-state index >= 15 is 0 Å². The van der Waals surface area contributed by atoms with Crippen molar-refractivity contribution in [1.29, 1.82) is 0 Å². The molecule has 0 spiro atoms. The van der Waals surface area contributed by atoms with E-state index < -0.39 is 28.7 Å². The lowest BCUT2D eigenvalue weighted by Crippen LogP contribution is -2.12. The summed E-state index contributed by atoms with van der Waals surface area (Å²) in [5.41, 5.74) is 7.99. The highest BCUT2D eigenvalue weighted by atomic mass is 32.2. The number of nitrogens with two attached hydrogens (primary N) is 2. The van der Waals surface area contributed by atoms with Crippen LogP contribution in [0.2, 0.25) is 0 Å². The number of anilines is 2. The van der Waals surface area contributed by atoms with Crippen molar-refractivity contribution < 1.29 is 26.3 Å². The van der Waals surface area contributed by atoms with Crippen LogP contribution in [0.15, 0.2) is 18.2 Å². The van der Waals surface area contributed by atoms with Gasteiger partial charge in [0.25, 0.3) is 0 Å². The van der Waals surface area contributed by atoms with Crippen LogP contribution >= 0.6 is 11.8 Å². The van der Waals surface area contributed by atoms with Crippen LogP contribution < -0.4 is 11.5 Å². The molecule has 1 atom stereocenters. The van der Waals surface area contributed by atoms with E-state index in [1.54, 1.807) is 0 Å². The number of hydrogen-bond donors (Lipinski definition) is 2. The number of aromatic nitrogens is 3. The molecule has 1 aromatic carbocycles. The SMILES string of the molecule is C[C@@H](SCc1nc(N)nc(N)n1)c1cc(C(F)(F)F)cc(C(F)(F)F)c1. The number of nitrogen functional groups attached to an aromatic ring is 2. The van der Waals surface area contributed by atoms with Crippen LogP contribution in [0.3, 0.4) is 0 Å². The highest BCUT2D eigenvalue weighted by molar-refractivity contribution is 7.98. The van der Waals surface area contributed by atoms with Crippen molar-refractivity contribution in [2.75, 3.05) is 11.5 Å². The van der Waals surface area contributed by atoms with Crippen LogP contribution in [-0.4, -0.2) is 15.0 Å². The van der Waals surface area contributed by atoms with E-state index in [2.05, 4.69) is 15.0 Å². The van der Waals surface area contributed by atoms with Crippen LogP contribution in [0.25, 0.3) is 0 Å². The van der Waals surface area contributed by atoms with Gasteiger partial charge in [0.05, 0.1) is 16.9 Å². The molecule has 0 aliphatic carbocycles. The number of hydrogen-bond acceptors (Lipinski definition) is 6. The zero-order valence-electron chi connectivity index (χ0n) is 13.2. The zero-order valence-corrected chi connectivity index (χ0v) is 14.0. The van der Waals surface area contributed by atoms with Crippen LogP contribution in [0.1, 0.15) is 34.7 Å². The second kappa shape index (κ2) is 7.17. The van der Waals surface area contributed by atoms with Gasteiger partial charge >= 0.3 is 12.4 Å². The largest absolute Gasteiger partial charge is 0.416 e. The first-order valence-electron chi connectivity index (χ1n) is 7.03. The monoisotopic (exact) mass is 397 g/mol. The molecule has 5 nitrogen and oxygen atoms in total. The van der Waals surface area contributed by atoms with E-state index in [9.17, 15) is 26.3 Å². The van der Waals surface area contributed by atoms with Crippen molar-refractivity contribution in [3.8, 4) is 0 Å². The summed E-state index contributed by atoms with van der Waals surface area (Å²) in [7, 11) is 0. The number of alkyl halides is 6. The van der Waals surface area contributed by atoms with Gasteiger partial charge in [0.1, 0.15) is 5.82 Å². The normalized spacial score (nSPS) is 13.7. The van der Waals surface area contributed by atoms with Crippen molar-refractivity contribution >= 4 is 23.7 Å². The molecular weight excluding hydrogens is 384 g/mol. The van der Waals surface area contributed by atoms with Gasteiger partial charge in [0.15, 0.2) is 0 Å². The Hall–Kier alpha value is -2.24. The first-order valence-corrected chi connectivity index (χ1v) is 8.08. The van der Waals surface area contributed by atoms with Gasteiger partial charge in [-0.15, -0.1) is 11.8 Å². The molecule has 0 radical (unpaired) electrons. The van der Waals surface area contributed by atoms with Crippen molar-refractivity contribution in [3.63, 3.8) is 0 Å². The summed E-state index contributed by atoms with van der Waals surface area (Å²) >= 11 is 1.04. The molecule has 4 N–H and O–H groups in total. The van der Waals surface area contributed by atoms with Crippen LogP contribution in [0, 0.1) is 0 Å². The van der Waals surface area contributed by atoms with E-state index in [0.717, 1.165) is 11.8 Å². The third-order valence-corrected chi connectivity index (χ3v) is 4.46. The van der Waals surface area contributed by atoms with Crippen molar-refractivity contribution in [1.82, 2.24) is 15.0 Å². The standard InChI is InChI=1S/C14H13F6N5S/c1-6(26-5-10-23-11(21)25-12(22)24-10)7-2-8(13(15,16)17)4-9(3-7)14(18,19)20/h2-4,6H,5H2,1H3,(H4,21,22,23,24,25)/t6-/m1/s1. The predicted molar refractivity (Wildman–Crippen MR) is 84.8 cm³/mol. The summed E-state index contributed by atoms with van der Waals surface area (Å²) in [5.74, 6) is 0.00334. The summed E-state index contributed by atoms with van der Waals surface area (Å²) in [4.78, 5) is 11.2. The van der Waals surface area contributed by atoms with Crippen molar-refractivity contribution in [3.05, 3.63) is 40.7 Å². The Morgan fingerprint density at radius 3 is 1.77 bits per heavy atom. The lowest BCUT2D eigenvalue weighted by atomic mass is 10.0. The fourth-order valence-electron chi connectivity index (χ4n) is 2.03. The maximum Gasteiger partial charge on any atom is 0.416 e. The quantitative estimate of drug-likeness (QED) is 0.756. The minimum atomic E-state index is -4.89. The Morgan fingerprint density at radius 1 is 0.885 bits per heavy atom. The first kappa shape index (κ1) is 20.1. The lowest BCUT2D eigenvalue weighted by Gasteiger charge is -2.17. The van der Waals surface area contributed by atoms with Gasteiger partial charge in [0, 0.05) is 5.25 Å². The van der Waals surface area contributed by atoms with E-state index in [1.165, 1.54) is 6.92 Å². The molecule has 0 amide bonds. The third-order valence-electron chi connectivity index (χ3n) is 3.26. The van der Waals surface area contributed by atoms with E-state index in [0.29, 0.717) is 12.1 Å². The molecule has 0 saturated heterocycles. The smallest absolute Gasteiger partial charge is 0.368 e. The predicted octanol–water partition coefficient (Wildman–Crippen LogP) is 4.07. The lowest BCUT2D eigenvalue weighted by molar-refractivity contribution is -0.143. The first-order chi connectivity index (χ1) is 11.9. The van der Waals surface area contributed by atoms with E-state index in [-0.39, 0.29) is 35.1 Å². The minimum absolute atomic E-state index is 0.0791. The summed E-state index contributed by atoms with van der Waals surface area (Å²) in [6, 6.07) is 1.49. The summed E-state index contributed by atoms with van der Waals surface area (Å²) in [5, 5.41) is -0.697. The molecular formula is C14H13F6N5S. The molecule has 0 unspecified atom stereocenters. The molecule has 0 fully saturated rings. The van der Waals surface area contributed by atoms with Crippen LogP contribution in [-0.2, 0) is 18.1 Å². The van der Waals surface area contributed by atoms with Crippen LogP contribution in [0.5, 0.6) is 0 Å². The zero-order chi connectivity index (χ0) is 19.7. The number of nitrogens with zero attached hydrogens (tertiary/aromatic N) is 3. The fourth-order valence-corrected chi connectivity index (χ4v) is 2.89. The Morgan fingerprint density at radius 2 is 1.35 bits per heavy atom. The maximum absolute atomic E-state index is 12.9. The Bertz CT molecular complexity index is 740. The van der Waals surface area contributed by atoms with Crippen LogP contribution in [0.4, 0.5) is 38.2 Å². The number of halogens is 6. The summed E-state index contributed by atoms with van der Waals surface area (Å²) < 4.78 is 77.5. The Labute approximate surface area is 148 Å². The van der Waals surface area contributed by atoms with Gasteiger partial charge in [-0.05, 0) is 30.7 Å². The van der Waals surface area contributed by atoms with E-state index in [4.69, 9.17) is 11.5 Å². The molecule has 0 aliphatic rings. The molecule has 1 aromatic heterocycles. The fraction of sp³-hybridized carbons (Fsp3) is 0.357. The highest BCUT2D eigenvalue weighted by Gasteiger charge is 2.37. The third kappa shape index (κ3) is 5.13. The highest BCUT2D eigenvalue weighted by Crippen LogP contribution is 2.40. The van der Waals surface area contributed by atoms with Gasteiger partial charge in [-0.2, -0.15) is 41.3 Å². The Kier molecular flexibility index (Phi) is 5.54. The number of rotatable bonds is 4. The van der Waals surface area contributed by atoms with Gasteiger partial charge in [-0.3, -0.25) is 0 Å². The van der Waals surface area contributed by atoms with Gasteiger partial charge in [-0.25, -0.2) is 0 Å². The average molecular weight is 397 g/mol. The second-order valence-corrected chi connectivity index (χ2v) is 6.59. The van der Waals surface area contributed by atoms with E-state index in [1.807, 2.05) is 0 Å². The summed E-state index contributed by atoms with van der Waals surface area (Å²) in [6.07, 6.45) is -9.78. The molecule has 142 valence electrons. The average Bonchev–Trinajstić information content (AvgIpc) is 2.49. The van der Waals surface area contributed by atoms with Crippen molar-refractivity contribution in [2.24, 2.45) is 0 Å². The number of benzene rings is 1. The molecule has 0 saturated carbocycles. The summed E-state index contributed by atoms with van der Waals surface area (Å²) in [6.45, 7) is 1.48. The molecule has 2 rings (SSSR count). The van der Waals surface area contributed by atoms with Gasteiger partial charge in [0.2, 0.25) is 11.9 Å². The molecule has 26 heavy (non-hydrogen) atoms. The number of thioether (sulfide) groups is 1. The topological polar surface area (TPSA) is 90.7 Å². The Balaban J connectivity index is 2.28. The molecule has 12 heteroatoms. The van der Waals surface area contributed by atoms with Gasteiger partial charge < -0.3 is 11.5 Å². The maximum atomic E-state index is 12.9. The minimum Gasteiger partial charge on any atom is -0.368 e. The van der Waals surface area contributed by atoms with Gasteiger partial charge in [-0.1, -0.05) is 0 Å². The molecule has 2 aromatic rings. The molecule has 0 aliphatic heterocycles. The molecule has 1 heterocycles. The molecule has 0 bridgehead atoms. The second-order valence-electron chi connectivity index (χ2n) is 5.26. The van der Waals surface area contributed by atoms with Crippen molar-refractivity contribution in [2.45, 2.75) is 30.3 Å².